The third-order valence-electron chi connectivity index (χ3n) is 9.78. The van der Waals surface area contributed by atoms with Crippen LogP contribution in [-0.4, -0.2) is 25.1 Å². The van der Waals surface area contributed by atoms with E-state index >= 15 is 0 Å². The molecule has 4 heteroatoms. The molecule has 0 aliphatic rings. The van der Waals surface area contributed by atoms with Gasteiger partial charge in [-0.2, -0.15) is 0 Å². The van der Waals surface area contributed by atoms with Crippen molar-refractivity contribution in [3.63, 3.8) is 0 Å². The van der Waals surface area contributed by atoms with E-state index < -0.39 is 23.8 Å². The van der Waals surface area contributed by atoms with Crippen LogP contribution in [0.25, 0.3) is 6.08 Å². The van der Waals surface area contributed by atoms with E-state index in [0.29, 0.717) is 13.2 Å². The van der Waals surface area contributed by atoms with Crippen molar-refractivity contribution < 1.29 is 4.74 Å². The lowest BCUT2D eigenvalue weighted by Gasteiger charge is -2.42. The fourth-order valence-corrected chi connectivity index (χ4v) is 15.7. The van der Waals surface area contributed by atoms with Crippen LogP contribution < -0.4 is 31.8 Å². The topological polar surface area (TPSA) is 9.23 Å². The van der Waals surface area contributed by atoms with Crippen LogP contribution in [0.2, 0.25) is 0 Å². The lowest BCUT2D eigenvalue weighted by molar-refractivity contribution is 0.0650. The zero-order chi connectivity index (χ0) is 36.8. The molecule has 0 fully saturated rings. The van der Waals surface area contributed by atoms with Crippen LogP contribution >= 0.6 is 23.8 Å². The standard InChI is InChI=1S/C50H47OP3/c1-2-42-33-35-43(36-34-42)37-51-38-50(39-52(44-21-9-3-10-22-44)45-23-11-4-12-24-45,40-53(46-25-13-5-14-26-46)47-27-15-6-16-28-47)41-54(48-29-17-7-18-30-48)49-31-19-8-20-32-49/h2-36H,1,37-41H2. The third-order valence-corrected chi connectivity index (χ3v) is 18.3. The van der Waals surface area contributed by atoms with Gasteiger partial charge in [0, 0.05) is 5.41 Å². The lowest BCUT2D eigenvalue weighted by atomic mass is 9.97. The van der Waals surface area contributed by atoms with E-state index in [0.717, 1.165) is 24.0 Å². The molecular weight excluding hydrogens is 709 g/mol. The Morgan fingerprint density at radius 2 is 0.667 bits per heavy atom. The van der Waals surface area contributed by atoms with Crippen LogP contribution in [0, 0.1) is 5.41 Å². The number of benzene rings is 7. The highest BCUT2D eigenvalue weighted by atomic mass is 31.1. The highest BCUT2D eigenvalue weighted by Crippen LogP contribution is 2.53. The minimum Gasteiger partial charge on any atom is -0.376 e. The fourth-order valence-electron chi connectivity index (χ4n) is 7.07. The van der Waals surface area contributed by atoms with Crippen LogP contribution in [0.4, 0.5) is 0 Å². The van der Waals surface area contributed by atoms with Gasteiger partial charge in [-0.15, -0.1) is 0 Å². The summed E-state index contributed by atoms with van der Waals surface area (Å²) in [6.07, 6.45) is 4.95. The summed E-state index contributed by atoms with van der Waals surface area (Å²) < 4.78 is 7.08. The molecule has 0 aliphatic carbocycles. The summed E-state index contributed by atoms with van der Waals surface area (Å²) in [6.45, 7) is 5.19. The number of rotatable bonds is 17. The molecule has 0 radical (unpaired) electrons. The number of hydrogen-bond donors (Lipinski definition) is 0. The second-order valence-electron chi connectivity index (χ2n) is 13.7. The van der Waals surface area contributed by atoms with Gasteiger partial charge in [0.05, 0.1) is 13.2 Å². The molecule has 0 N–H and O–H groups in total. The second kappa shape index (κ2) is 19.2. The molecule has 54 heavy (non-hydrogen) atoms. The molecule has 0 atom stereocenters. The van der Waals surface area contributed by atoms with Gasteiger partial charge in [0.2, 0.25) is 0 Å². The summed E-state index contributed by atoms with van der Waals surface area (Å²) in [5, 5.41) is 8.48. The molecule has 268 valence electrons. The molecule has 0 bridgehead atoms. The van der Waals surface area contributed by atoms with Gasteiger partial charge in [0.25, 0.3) is 0 Å². The van der Waals surface area contributed by atoms with Crippen molar-refractivity contribution in [2.24, 2.45) is 5.41 Å². The van der Waals surface area contributed by atoms with Gasteiger partial charge in [-0.05, 0) is 85.2 Å². The van der Waals surface area contributed by atoms with Gasteiger partial charge in [-0.3, -0.25) is 0 Å². The predicted octanol–water partition coefficient (Wildman–Crippen LogP) is 10.2. The molecule has 0 saturated heterocycles. The summed E-state index contributed by atoms with van der Waals surface area (Å²) in [6, 6.07) is 76.2. The average Bonchev–Trinajstić information content (AvgIpc) is 3.26. The Kier molecular flexibility index (Phi) is 13.5. The van der Waals surface area contributed by atoms with Crippen molar-refractivity contribution in [1.82, 2.24) is 0 Å². The Balaban J connectivity index is 1.40. The molecule has 0 heterocycles. The zero-order valence-corrected chi connectivity index (χ0v) is 33.4. The number of ether oxygens (including phenoxy) is 1. The van der Waals surface area contributed by atoms with E-state index in [1.54, 1.807) is 0 Å². The van der Waals surface area contributed by atoms with E-state index in [9.17, 15) is 0 Å². The Morgan fingerprint density at radius 1 is 0.389 bits per heavy atom. The smallest absolute Gasteiger partial charge is 0.0717 e. The highest BCUT2D eigenvalue weighted by molar-refractivity contribution is 7.75. The molecule has 0 amide bonds. The van der Waals surface area contributed by atoms with Crippen molar-refractivity contribution >= 4 is 61.7 Å². The molecule has 0 spiro atoms. The Bertz CT molecular complexity index is 1800. The summed E-state index contributed by atoms with van der Waals surface area (Å²) in [5.74, 6) is 0. The number of hydrogen-bond acceptors (Lipinski definition) is 1. The van der Waals surface area contributed by atoms with E-state index in [1.165, 1.54) is 37.4 Å². The zero-order valence-electron chi connectivity index (χ0n) is 30.7. The molecule has 0 unspecified atom stereocenters. The normalized spacial score (nSPS) is 11.6. The van der Waals surface area contributed by atoms with Gasteiger partial charge >= 0.3 is 0 Å². The molecule has 7 aromatic rings. The van der Waals surface area contributed by atoms with Crippen molar-refractivity contribution in [3.05, 3.63) is 224 Å². The van der Waals surface area contributed by atoms with E-state index in [4.69, 9.17) is 4.74 Å². The quantitative estimate of drug-likeness (QED) is 0.0841. The fraction of sp³-hybridized carbons (Fsp3) is 0.120. The minimum atomic E-state index is -0.723. The van der Waals surface area contributed by atoms with Gasteiger partial charge < -0.3 is 4.74 Å². The minimum absolute atomic E-state index is 0.187. The molecule has 0 saturated carbocycles. The van der Waals surface area contributed by atoms with Crippen molar-refractivity contribution in [2.75, 3.05) is 25.1 Å². The maximum absolute atomic E-state index is 7.08. The summed E-state index contributed by atoms with van der Waals surface area (Å²) in [7, 11) is -2.17. The van der Waals surface area contributed by atoms with Crippen LogP contribution in [0.1, 0.15) is 11.1 Å². The molecule has 7 rings (SSSR count). The lowest BCUT2D eigenvalue weighted by Crippen LogP contribution is -2.42. The first-order valence-corrected chi connectivity index (χ1v) is 23.2. The average molecular weight is 757 g/mol. The van der Waals surface area contributed by atoms with Crippen LogP contribution in [0.15, 0.2) is 213 Å². The molecule has 7 aromatic carbocycles. The monoisotopic (exact) mass is 756 g/mol. The predicted molar refractivity (Wildman–Crippen MR) is 240 cm³/mol. The summed E-state index contributed by atoms with van der Waals surface area (Å²) >= 11 is 0. The first-order valence-electron chi connectivity index (χ1n) is 18.6. The Morgan fingerprint density at radius 3 is 0.926 bits per heavy atom. The van der Waals surface area contributed by atoms with Crippen LogP contribution in [0.3, 0.4) is 0 Å². The van der Waals surface area contributed by atoms with Crippen molar-refractivity contribution in [1.29, 1.82) is 0 Å². The Hall–Kier alpha value is -4.47. The van der Waals surface area contributed by atoms with Crippen LogP contribution in [-0.2, 0) is 11.3 Å². The molecular formula is C50H47OP3. The molecule has 0 aromatic heterocycles. The Labute approximate surface area is 326 Å². The first-order chi connectivity index (χ1) is 26.7. The van der Waals surface area contributed by atoms with Crippen LogP contribution in [0.5, 0.6) is 0 Å². The maximum Gasteiger partial charge on any atom is 0.0717 e. The van der Waals surface area contributed by atoms with E-state index in [-0.39, 0.29) is 5.41 Å². The second-order valence-corrected chi connectivity index (χ2v) is 20.3. The molecule has 0 aliphatic heterocycles. The molecule has 1 nitrogen and oxygen atoms in total. The van der Waals surface area contributed by atoms with Gasteiger partial charge in [0.1, 0.15) is 0 Å². The summed E-state index contributed by atoms with van der Waals surface area (Å²) in [5.41, 5.74) is 2.12. The van der Waals surface area contributed by atoms with E-state index in [2.05, 4.69) is 213 Å². The SMILES string of the molecule is C=Cc1ccc(COCC(CP(c2ccccc2)c2ccccc2)(CP(c2ccccc2)c2ccccc2)CP(c2ccccc2)c2ccccc2)cc1. The van der Waals surface area contributed by atoms with E-state index in [1.807, 2.05) is 6.08 Å². The van der Waals surface area contributed by atoms with Gasteiger partial charge in [0.15, 0.2) is 0 Å². The van der Waals surface area contributed by atoms with Gasteiger partial charge in [-0.25, -0.2) is 0 Å². The largest absolute Gasteiger partial charge is 0.376 e. The highest BCUT2D eigenvalue weighted by Gasteiger charge is 2.40. The van der Waals surface area contributed by atoms with Crippen molar-refractivity contribution in [2.45, 2.75) is 6.61 Å². The van der Waals surface area contributed by atoms with Gasteiger partial charge in [-0.1, -0.05) is 219 Å². The third kappa shape index (κ3) is 9.98. The first kappa shape index (κ1) is 37.8. The summed E-state index contributed by atoms with van der Waals surface area (Å²) in [4.78, 5) is 0. The van der Waals surface area contributed by atoms with Crippen molar-refractivity contribution in [3.8, 4) is 0 Å². The maximum atomic E-state index is 7.08.